The zero-order valence-electron chi connectivity index (χ0n) is 11.5. The van der Waals surface area contributed by atoms with Crippen molar-refractivity contribution < 1.29 is 4.79 Å². The van der Waals surface area contributed by atoms with Gasteiger partial charge in [-0.05, 0) is 30.2 Å². The number of fused-ring (bicyclic) bond motifs is 1. The summed E-state index contributed by atoms with van der Waals surface area (Å²) in [6.45, 7) is 0. The van der Waals surface area contributed by atoms with Gasteiger partial charge in [0.1, 0.15) is 0 Å². The summed E-state index contributed by atoms with van der Waals surface area (Å²) in [5.41, 5.74) is 2.71. The molecule has 104 valence electrons. The lowest BCUT2D eigenvalue weighted by molar-refractivity contribution is -0.116. The maximum atomic E-state index is 12.0. The lowest BCUT2D eigenvalue weighted by Crippen LogP contribution is -2.12. The molecule has 21 heavy (non-hydrogen) atoms. The van der Waals surface area contributed by atoms with Crippen LogP contribution in [0.15, 0.2) is 61.1 Å². The normalized spacial score (nSPS) is 10.5. The number of hydrogen-bond donors (Lipinski definition) is 1. The van der Waals surface area contributed by atoms with Gasteiger partial charge in [0.05, 0.1) is 17.4 Å². The molecule has 1 amide bonds. The van der Waals surface area contributed by atoms with Crippen molar-refractivity contribution in [1.82, 2.24) is 9.97 Å². The van der Waals surface area contributed by atoms with Crippen LogP contribution in [-0.2, 0) is 11.2 Å². The summed E-state index contributed by atoms with van der Waals surface area (Å²) in [5, 5.41) is 3.90. The van der Waals surface area contributed by atoms with Crippen molar-refractivity contribution in [3.63, 3.8) is 0 Å². The number of aryl methyl sites for hydroxylation is 1. The highest BCUT2D eigenvalue weighted by Crippen LogP contribution is 2.16. The van der Waals surface area contributed by atoms with Gasteiger partial charge in [-0.1, -0.05) is 24.3 Å². The third kappa shape index (κ3) is 3.42. The van der Waals surface area contributed by atoms with Crippen LogP contribution in [0.25, 0.3) is 10.9 Å². The molecule has 2 aromatic heterocycles. The molecule has 1 N–H and O–H groups in total. The third-order valence-electron chi connectivity index (χ3n) is 3.24. The number of anilines is 1. The van der Waals surface area contributed by atoms with Crippen LogP contribution in [0.2, 0.25) is 0 Å². The van der Waals surface area contributed by atoms with Crippen molar-refractivity contribution in [2.24, 2.45) is 0 Å². The highest BCUT2D eigenvalue weighted by atomic mass is 16.1. The number of hydrogen-bond acceptors (Lipinski definition) is 3. The van der Waals surface area contributed by atoms with E-state index in [2.05, 4.69) is 15.3 Å². The summed E-state index contributed by atoms with van der Waals surface area (Å²) >= 11 is 0. The Kier molecular flexibility index (Phi) is 3.87. The van der Waals surface area contributed by atoms with Gasteiger partial charge in [0.15, 0.2) is 0 Å². The molecule has 0 saturated carbocycles. The van der Waals surface area contributed by atoms with Crippen molar-refractivity contribution >= 4 is 22.5 Å². The summed E-state index contributed by atoms with van der Waals surface area (Å²) in [6.07, 6.45) is 6.30. The van der Waals surface area contributed by atoms with Crippen LogP contribution in [0.4, 0.5) is 5.69 Å². The standard InChI is InChI=1S/C17H15N3O/c21-17(8-7-13-4-3-9-18-11-13)20-15-10-14-5-1-2-6-16(14)19-12-15/h1-6,9-12H,7-8H2,(H,20,21). The van der Waals surface area contributed by atoms with Gasteiger partial charge in [-0.2, -0.15) is 0 Å². The largest absolute Gasteiger partial charge is 0.325 e. The zero-order valence-corrected chi connectivity index (χ0v) is 11.5. The number of benzene rings is 1. The number of amides is 1. The quantitative estimate of drug-likeness (QED) is 0.796. The average molecular weight is 277 g/mol. The topological polar surface area (TPSA) is 54.9 Å². The van der Waals surface area contributed by atoms with Gasteiger partial charge in [-0.3, -0.25) is 14.8 Å². The zero-order chi connectivity index (χ0) is 14.5. The van der Waals surface area contributed by atoms with Gasteiger partial charge in [-0.25, -0.2) is 0 Å². The monoisotopic (exact) mass is 277 g/mol. The number of carbonyl (C=O) groups is 1. The predicted molar refractivity (Wildman–Crippen MR) is 82.9 cm³/mol. The van der Waals surface area contributed by atoms with E-state index >= 15 is 0 Å². The fourth-order valence-corrected chi connectivity index (χ4v) is 2.17. The second-order valence-electron chi connectivity index (χ2n) is 4.83. The molecule has 0 aliphatic heterocycles. The van der Waals surface area contributed by atoms with E-state index in [0.717, 1.165) is 22.2 Å². The van der Waals surface area contributed by atoms with Gasteiger partial charge in [0, 0.05) is 24.2 Å². The van der Waals surface area contributed by atoms with E-state index in [-0.39, 0.29) is 5.91 Å². The van der Waals surface area contributed by atoms with Crippen LogP contribution in [0.5, 0.6) is 0 Å². The molecule has 0 saturated heterocycles. The average Bonchev–Trinajstić information content (AvgIpc) is 2.54. The van der Waals surface area contributed by atoms with Crippen LogP contribution < -0.4 is 5.32 Å². The molecule has 0 aliphatic rings. The molecule has 2 heterocycles. The van der Waals surface area contributed by atoms with Crippen molar-refractivity contribution in [3.8, 4) is 0 Å². The minimum atomic E-state index is -0.0177. The van der Waals surface area contributed by atoms with Crippen LogP contribution in [0.3, 0.4) is 0 Å². The second-order valence-corrected chi connectivity index (χ2v) is 4.83. The Morgan fingerprint density at radius 1 is 1.10 bits per heavy atom. The molecular weight excluding hydrogens is 262 g/mol. The predicted octanol–water partition coefficient (Wildman–Crippen LogP) is 3.20. The van der Waals surface area contributed by atoms with Gasteiger partial charge >= 0.3 is 0 Å². The minimum absolute atomic E-state index is 0.0177. The molecular formula is C17H15N3O. The van der Waals surface area contributed by atoms with Crippen LogP contribution in [0.1, 0.15) is 12.0 Å². The molecule has 0 fully saturated rings. The van der Waals surface area contributed by atoms with Gasteiger partial charge in [0.25, 0.3) is 0 Å². The summed E-state index contributed by atoms with van der Waals surface area (Å²) in [4.78, 5) is 20.3. The maximum absolute atomic E-state index is 12.0. The van der Waals surface area contributed by atoms with E-state index < -0.39 is 0 Å². The number of carbonyl (C=O) groups excluding carboxylic acids is 1. The first-order valence-corrected chi connectivity index (χ1v) is 6.85. The number of nitrogens with zero attached hydrogens (tertiary/aromatic N) is 2. The SMILES string of the molecule is O=C(CCc1cccnc1)Nc1cnc2ccccc2c1. The summed E-state index contributed by atoms with van der Waals surface area (Å²) in [5.74, 6) is -0.0177. The van der Waals surface area contributed by atoms with E-state index in [1.165, 1.54) is 0 Å². The van der Waals surface area contributed by atoms with Crippen LogP contribution in [0, 0.1) is 0 Å². The van der Waals surface area contributed by atoms with Gasteiger partial charge in [-0.15, -0.1) is 0 Å². The van der Waals surface area contributed by atoms with E-state index in [1.807, 2.05) is 42.5 Å². The van der Waals surface area contributed by atoms with E-state index in [0.29, 0.717) is 12.8 Å². The van der Waals surface area contributed by atoms with Crippen LogP contribution in [-0.4, -0.2) is 15.9 Å². The number of pyridine rings is 2. The van der Waals surface area contributed by atoms with Gasteiger partial charge in [0.2, 0.25) is 5.91 Å². The molecule has 3 aromatic rings. The Morgan fingerprint density at radius 3 is 2.86 bits per heavy atom. The molecule has 0 atom stereocenters. The first kappa shape index (κ1) is 13.2. The molecule has 0 bridgehead atoms. The number of nitrogens with one attached hydrogen (secondary N) is 1. The molecule has 1 aromatic carbocycles. The Hall–Kier alpha value is -2.75. The maximum Gasteiger partial charge on any atom is 0.224 e. The first-order valence-electron chi connectivity index (χ1n) is 6.85. The Balaban J connectivity index is 1.63. The minimum Gasteiger partial charge on any atom is -0.325 e. The lowest BCUT2D eigenvalue weighted by atomic mass is 10.1. The molecule has 3 rings (SSSR count). The van der Waals surface area contributed by atoms with E-state index in [4.69, 9.17) is 0 Å². The fourth-order valence-electron chi connectivity index (χ4n) is 2.17. The van der Waals surface area contributed by atoms with Gasteiger partial charge < -0.3 is 5.32 Å². The number of para-hydroxylation sites is 1. The third-order valence-corrected chi connectivity index (χ3v) is 3.24. The van der Waals surface area contributed by atoms with E-state index in [9.17, 15) is 4.79 Å². The smallest absolute Gasteiger partial charge is 0.224 e. The second kappa shape index (κ2) is 6.13. The molecule has 0 spiro atoms. The number of aromatic nitrogens is 2. The Bertz CT molecular complexity index is 756. The molecule has 0 unspecified atom stereocenters. The van der Waals surface area contributed by atoms with Crippen LogP contribution >= 0.6 is 0 Å². The van der Waals surface area contributed by atoms with Crippen molar-refractivity contribution in [2.45, 2.75) is 12.8 Å². The lowest BCUT2D eigenvalue weighted by Gasteiger charge is -2.06. The number of rotatable bonds is 4. The summed E-state index contributed by atoms with van der Waals surface area (Å²) in [7, 11) is 0. The molecule has 0 aliphatic carbocycles. The summed E-state index contributed by atoms with van der Waals surface area (Å²) < 4.78 is 0. The van der Waals surface area contributed by atoms with E-state index in [1.54, 1.807) is 18.6 Å². The molecule has 4 heteroatoms. The fraction of sp³-hybridized carbons (Fsp3) is 0.118. The highest BCUT2D eigenvalue weighted by Gasteiger charge is 2.04. The first-order chi connectivity index (χ1) is 10.3. The summed E-state index contributed by atoms with van der Waals surface area (Å²) in [6, 6.07) is 13.6. The molecule has 0 radical (unpaired) electrons. The van der Waals surface area contributed by atoms with Crippen molar-refractivity contribution in [2.75, 3.05) is 5.32 Å². The van der Waals surface area contributed by atoms with Crippen molar-refractivity contribution in [3.05, 3.63) is 66.6 Å². The van der Waals surface area contributed by atoms with Crippen molar-refractivity contribution in [1.29, 1.82) is 0 Å². The molecule has 4 nitrogen and oxygen atoms in total. The highest BCUT2D eigenvalue weighted by molar-refractivity contribution is 5.93. The Labute approximate surface area is 122 Å². The Morgan fingerprint density at radius 2 is 2.00 bits per heavy atom.